The molecule has 0 saturated heterocycles. The molecule has 0 aliphatic rings. The molecule has 0 fully saturated rings. The smallest absolute Gasteiger partial charge is 0.258 e. The maximum atomic E-state index is 12.4. The second-order valence-corrected chi connectivity index (χ2v) is 11.1. The van der Waals surface area contributed by atoms with Gasteiger partial charge in [-0.3, -0.25) is 9.97 Å². The van der Waals surface area contributed by atoms with E-state index >= 15 is 0 Å². The molecule has 234 valence electrons. The predicted octanol–water partition coefficient (Wildman–Crippen LogP) is 10.4. The lowest BCUT2D eigenvalue weighted by atomic mass is 10.1. The Kier molecular flexibility index (Phi) is 15.6. The minimum absolute atomic E-state index is 0.204. The van der Waals surface area contributed by atoms with Crippen LogP contribution in [0, 0.1) is 18.8 Å². The molecule has 43 heavy (non-hydrogen) atoms. The number of halogens is 5. The zero-order valence-corrected chi connectivity index (χ0v) is 26.4. The summed E-state index contributed by atoms with van der Waals surface area (Å²) in [6.07, 6.45) is -1.50. The minimum atomic E-state index is -4.34. The van der Waals surface area contributed by atoms with Crippen LogP contribution in [0.5, 0.6) is 0 Å². The molecule has 0 unspecified atom stereocenters. The van der Waals surface area contributed by atoms with Crippen molar-refractivity contribution in [2.24, 2.45) is 0 Å². The molecular formula is C34H43F5N4. The van der Waals surface area contributed by atoms with E-state index in [0.29, 0.717) is 17.8 Å². The van der Waals surface area contributed by atoms with Crippen LogP contribution in [-0.2, 0) is 6.18 Å². The fourth-order valence-electron chi connectivity index (χ4n) is 3.27. The summed E-state index contributed by atoms with van der Waals surface area (Å²) in [5.41, 5.74) is 4.14. The second-order valence-electron chi connectivity index (χ2n) is 11.1. The Morgan fingerprint density at radius 3 is 1.35 bits per heavy atom. The number of aryl methyl sites for hydroxylation is 1. The summed E-state index contributed by atoms with van der Waals surface area (Å²) in [4.78, 5) is 15.0. The summed E-state index contributed by atoms with van der Waals surface area (Å²) in [6, 6.07) is 16.6. The summed E-state index contributed by atoms with van der Waals surface area (Å²) in [5, 5.41) is 0. The van der Waals surface area contributed by atoms with E-state index in [4.69, 9.17) is 0 Å². The van der Waals surface area contributed by atoms with Crippen molar-refractivity contribution >= 4 is 0 Å². The Balaban J connectivity index is 0.000000289. The number of alkyl halides is 3. The van der Waals surface area contributed by atoms with Gasteiger partial charge in [0.2, 0.25) is 11.9 Å². The standard InChI is InChI=1S/C9H10F3N.C9H13N.2C8H10FN/c1-6(2)7-3-4-8(13-5-7)9(10,11)12;1-7(2)9-6-4-5-8(3)10-9;1-6(2)7-3-4-8(9)10-5-7;1-6(2)7-4-3-5-8(9)10-7/h3-6H,1-2H3;4-7H,1-3H3;2*3-6H,1-2H3. The van der Waals surface area contributed by atoms with E-state index in [1.807, 2.05) is 46.8 Å². The molecule has 0 amide bonds. The third kappa shape index (κ3) is 14.8. The molecule has 4 nitrogen and oxygen atoms in total. The average Bonchev–Trinajstić information content (AvgIpc) is 2.94. The molecule has 0 N–H and O–H groups in total. The molecule has 0 aliphatic carbocycles. The van der Waals surface area contributed by atoms with Gasteiger partial charge in [0.05, 0.1) is 0 Å². The lowest BCUT2D eigenvalue weighted by molar-refractivity contribution is -0.141. The predicted molar refractivity (Wildman–Crippen MR) is 163 cm³/mol. The second kappa shape index (κ2) is 18.0. The van der Waals surface area contributed by atoms with Crippen LogP contribution in [0.1, 0.15) is 113 Å². The summed E-state index contributed by atoms with van der Waals surface area (Å²) in [6.45, 7) is 18.2. The lowest BCUT2D eigenvalue weighted by Crippen LogP contribution is -2.07. The maximum Gasteiger partial charge on any atom is 0.433 e. The van der Waals surface area contributed by atoms with Crippen LogP contribution in [-0.4, -0.2) is 19.9 Å². The van der Waals surface area contributed by atoms with E-state index in [1.165, 1.54) is 30.1 Å². The molecule has 0 aromatic carbocycles. The summed E-state index contributed by atoms with van der Waals surface area (Å²) in [5.74, 6) is 0.661. The summed E-state index contributed by atoms with van der Waals surface area (Å²) < 4.78 is 60.8. The number of hydrogen-bond donors (Lipinski definition) is 0. The molecule has 9 heteroatoms. The van der Waals surface area contributed by atoms with Gasteiger partial charge in [0, 0.05) is 29.5 Å². The van der Waals surface area contributed by atoms with E-state index in [9.17, 15) is 22.0 Å². The van der Waals surface area contributed by atoms with Gasteiger partial charge in [0.15, 0.2) is 0 Å². The van der Waals surface area contributed by atoms with Crippen LogP contribution in [0.2, 0.25) is 0 Å². The van der Waals surface area contributed by atoms with E-state index < -0.39 is 23.8 Å². The molecule has 4 aromatic heterocycles. The van der Waals surface area contributed by atoms with Gasteiger partial charge in [-0.05, 0) is 78.1 Å². The normalized spacial score (nSPS) is 10.9. The summed E-state index contributed by atoms with van der Waals surface area (Å²) in [7, 11) is 0. The highest BCUT2D eigenvalue weighted by atomic mass is 19.4. The number of rotatable bonds is 4. The van der Waals surface area contributed by atoms with Gasteiger partial charge in [-0.2, -0.15) is 22.0 Å². The van der Waals surface area contributed by atoms with Crippen molar-refractivity contribution in [2.45, 2.75) is 92.2 Å². The molecule has 0 aliphatic heterocycles. The number of pyridine rings is 4. The van der Waals surface area contributed by atoms with Gasteiger partial charge in [0.1, 0.15) is 5.69 Å². The molecule has 4 rings (SSSR count). The van der Waals surface area contributed by atoms with Gasteiger partial charge in [-0.15, -0.1) is 0 Å². The van der Waals surface area contributed by atoms with Crippen molar-refractivity contribution in [3.8, 4) is 0 Å². The average molecular weight is 603 g/mol. The SMILES string of the molecule is CC(C)c1ccc(C(F)(F)F)nc1.CC(C)c1ccc(F)nc1.CC(C)c1cccc(F)n1.Cc1cccc(C(C)C)n1. The van der Waals surface area contributed by atoms with Gasteiger partial charge in [-0.25, -0.2) is 9.97 Å². The third-order valence-corrected chi connectivity index (χ3v) is 5.99. The molecule has 0 spiro atoms. The van der Waals surface area contributed by atoms with Crippen molar-refractivity contribution in [3.63, 3.8) is 0 Å². The first-order valence-electron chi connectivity index (χ1n) is 14.2. The highest BCUT2D eigenvalue weighted by molar-refractivity contribution is 5.18. The van der Waals surface area contributed by atoms with Gasteiger partial charge in [0.25, 0.3) is 0 Å². The lowest BCUT2D eigenvalue weighted by Gasteiger charge is -2.07. The first-order chi connectivity index (χ1) is 20.0. The Morgan fingerprint density at radius 2 is 1.02 bits per heavy atom. The number of aromatic nitrogens is 4. The Labute approximate surface area is 252 Å². The fraction of sp³-hybridized carbons (Fsp3) is 0.412. The van der Waals surface area contributed by atoms with E-state index in [-0.39, 0.29) is 5.92 Å². The van der Waals surface area contributed by atoms with Crippen LogP contribution in [0.4, 0.5) is 22.0 Å². The largest absolute Gasteiger partial charge is 0.433 e. The third-order valence-electron chi connectivity index (χ3n) is 5.99. The first-order valence-corrected chi connectivity index (χ1v) is 14.2. The van der Waals surface area contributed by atoms with E-state index in [1.54, 1.807) is 18.3 Å². The van der Waals surface area contributed by atoms with Crippen molar-refractivity contribution < 1.29 is 22.0 Å². The molecule has 4 heterocycles. The van der Waals surface area contributed by atoms with Crippen molar-refractivity contribution in [1.82, 2.24) is 19.9 Å². The highest BCUT2D eigenvalue weighted by Gasteiger charge is 2.32. The Morgan fingerprint density at radius 1 is 0.535 bits per heavy atom. The van der Waals surface area contributed by atoms with Gasteiger partial charge >= 0.3 is 6.18 Å². The minimum Gasteiger partial charge on any atom is -0.258 e. The molecule has 0 bridgehead atoms. The van der Waals surface area contributed by atoms with Crippen molar-refractivity contribution in [3.05, 3.63) is 119 Å². The number of hydrogen-bond acceptors (Lipinski definition) is 4. The maximum absolute atomic E-state index is 12.4. The molecule has 0 saturated carbocycles. The van der Waals surface area contributed by atoms with Crippen molar-refractivity contribution in [1.29, 1.82) is 0 Å². The van der Waals surface area contributed by atoms with Crippen molar-refractivity contribution in [2.75, 3.05) is 0 Å². The highest BCUT2D eigenvalue weighted by Crippen LogP contribution is 2.28. The zero-order chi connectivity index (χ0) is 32.7. The van der Waals surface area contributed by atoms with Crippen LogP contribution in [0.15, 0.2) is 73.1 Å². The van der Waals surface area contributed by atoms with E-state index in [0.717, 1.165) is 28.6 Å². The zero-order valence-electron chi connectivity index (χ0n) is 26.4. The fourth-order valence-corrected chi connectivity index (χ4v) is 3.27. The van der Waals surface area contributed by atoms with Crippen LogP contribution >= 0.6 is 0 Å². The molecular weight excluding hydrogens is 559 g/mol. The molecule has 4 aromatic rings. The molecule has 0 atom stereocenters. The quantitative estimate of drug-likeness (QED) is 0.172. The molecule has 0 radical (unpaired) electrons. The van der Waals surface area contributed by atoms with Crippen LogP contribution in [0.25, 0.3) is 0 Å². The first kappa shape index (κ1) is 37.3. The Bertz CT molecular complexity index is 1280. The Hall–Kier alpha value is -3.75. The van der Waals surface area contributed by atoms with Gasteiger partial charge < -0.3 is 0 Å². The van der Waals surface area contributed by atoms with Crippen LogP contribution < -0.4 is 0 Å². The van der Waals surface area contributed by atoms with Gasteiger partial charge in [-0.1, -0.05) is 79.7 Å². The topological polar surface area (TPSA) is 51.6 Å². The summed E-state index contributed by atoms with van der Waals surface area (Å²) >= 11 is 0. The number of nitrogens with zero attached hydrogens (tertiary/aromatic N) is 4. The van der Waals surface area contributed by atoms with E-state index in [2.05, 4.69) is 59.8 Å². The monoisotopic (exact) mass is 602 g/mol. The van der Waals surface area contributed by atoms with Crippen LogP contribution in [0.3, 0.4) is 0 Å².